The highest BCUT2D eigenvalue weighted by Gasteiger charge is 2.42. The fraction of sp³-hybridized carbons (Fsp3) is 0.919. The summed E-state index contributed by atoms with van der Waals surface area (Å²) >= 11 is 0. The molecule has 3 rings (SSSR count). The minimum absolute atomic E-state index is 0.0827. The number of nitrogens with zero attached hydrogens (tertiary/aromatic N) is 3. The van der Waals surface area contributed by atoms with Gasteiger partial charge in [0.2, 0.25) is 17.8 Å². The predicted octanol–water partition coefficient (Wildman–Crippen LogP) is 8.77. The average Bonchev–Trinajstić information content (AvgIpc) is 2.77. The van der Waals surface area contributed by atoms with Crippen molar-refractivity contribution < 1.29 is 0 Å². The molecule has 45 heavy (non-hydrogen) atoms. The number of nitrogens with one attached hydrogen (secondary N) is 5. The Hall–Kier alpha value is -1.67. The Morgan fingerprint density at radius 3 is 1.27 bits per heavy atom. The zero-order valence-corrected chi connectivity index (χ0v) is 32.0. The zero-order valence-electron chi connectivity index (χ0n) is 32.0. The van der Waals surface area contributed by atoms with Crippen LogP contribution in [0.25, 0.3) is 0 Å². The summed E-state index contributed by atoms with van der Waals surface area (Å²) in [6.45, 7) is 34.6. The molecule has 2 saturated heterocycles. The fourth-order valence-electron chi connectivity index (χ4n) is 9.41. The van der Waals surface area contributed by atoms with E-state index in [4.69, 9.17) is 15.0 Å². The third-order valence-electron chi connectivity index (χ3n) is 9.47. The molecule has 1 aromatic heterocycles. The van der Waals surface area contributed by atoms with Crippen LogP contribution < -0.4 is 26.6 Å². The molecule has 0 amide bonds. The van der Waals surface area contributed by atoms with Gasteiger partial charge in [-0.3, -0.25) is 0 Å². The van der Waals surface area contributed by atoms with Crippen molar-refractivity contribution in [1.82, 2.24) is 25.6 Å². The van der Waals surface area contributed by atoms with E-state index in [-0.39, 0.29) is 33.1 Å². The first-order valence-corrected chi connectivity index (χ1v) is 18.1. The third kappa shape index (κ3) is 12.1. The normalized spacial score (nSPS) is 23.3. The summed E-state index contributed by atoms with van der Waals surface area (Å²) in [6, 6.07) is 0.581. The van der Waals surface area contributed by atoms with Crippen LogP contribution in [0.1, 0.15) is 162 Å². The lowest BCUT2D eigenvalue weighted by molar-refractivity contribution is 0.115. The van der Waals surface area contributed by atoms with Crippen LogP contribution in [0.4, 0.5) is 17.8 Å². The quantitative estimate of drug-likeness (QED) is 0.148. The third-order valence-corrected chi connectivity index (χ3v) is 9.47. The van der Waals surface area contributed by atoms with Gasteiger partial charge < -0.3 is 26.6 Å². The number of hydrogen-bond acceptors (Lipinski definition) is 8. The van der Waals surface area contributed by atoms with Crippen molar-refractivity contribution in [3.63, 3.8) is 0 Å². The van der Waals surface area contributed by atoms with Crippen molar-refractivity contribution in [2.75, 3.05) is 16.0 Å². The van der Waals surface area contributed by atoms with E-state index in [0.717, 1.165) is 57.8 Å². The van der Waals surface area contributed by atoms with Crippen molar-refractivity contribution in [1.29, 1.82) is 0 Å². The first-order valence-electron chi connectivity index (χ1n) is 18.1. The molecule has 3 heterocycles. The van der Waals surface area contributed by atoms with Gasteiger partial charge in [0, 0.05) is 39.8 Å². The van der Waals surface area contributed by atoms with Gasteiger partial charge in [-0.15, -0.1) is 0 Å². The van der Waals surface area contributed by atoms with Gasteiger partial charge >= 0.3 is 0 Å². The van der Waals surface area contributed by atoms with Crippen LogP contribution >= 0.6 is 0 Å². The van der Waals surface area contributed by atoms with Crippen LogP contribution in [0, 0.1) is 17.3 Å². The molecule has 2 aliphatic rings. The molecule has 1 aromatic rings. The van der Waals surface area contributed by atoms with Crippen LogP contribution in [-0.4, -0.2) is 54.7 Å². The van der Waals surface area contributed by atoms with Crippen molar-refractivity contribution >= 4 is 17.8 Å². The van der Waals surface area contributed by atoms with Crippen molar-refractivity contribution in [3.8, 4) is 0 Å². The van der Waals surface area contributed by atoms with Gasteiger partial charge in [-0.1, -0.05) is 47.5 Å². The van der Waals surface area contributed by atoms with E-state index < -0.39 is 0 Å². The summed E-state index contributed by atoms with van der Waals surface area (Å²) in [5.74, 6) is 3.03. The molecule has 0 spiro atoms. The second-order valence-electron chi connectivity index (χ2n) is 19.3. The van der Waals surface area contributed by atoms with Gasteiger partial charge in [-0.25, -0.2) is 0 Å². The number of hydrogen-bond donors (Lipinski definition) is 5. The van der Waals surface area contributed by atoms with Crippen molar-refractivity contribution in [3.05, 3.63) is 0 Å². The number of anilines is 3. The summed E-state index contributed by atoms with van der Waals surface area (Å²) in [4.78, 5) is 15.2. The first kappa shape index (κ1) is 37.8. The standard InChI is InChI=1S/C37H72N8/c1-16-18-27(25-20-33(6,7)44-34(8,9)21-25)38-29-40-30(42-31(41-29)43-37(14,15)24-32(3,4)5)39-28(19-17-2)26-22-35(10,11)45-36(12,13)23-26/h25-28,44-45H,16-24H2,1-15H3,(H3,38,39,40,41,42,43). The van der Waals surface area contributed by atoms with Crippen LogP contribution in [-0.2, 0) is 0 Å². The Labute approximate surface area is 277 Å². The fourth-order valence-corrected chi connectivity index (χ4v) is 9.41. The average molecular weight is 629 g/mol. The largest absolute Gasteiger partial charge is 0.351 e. The molecule has 2 atom stereocenters. The molecule has 2 aliphatic heterocycles. The summed E-state index contributed by atoms with van der Waals surface area (Å²) in [7, 11) is 0. The molecule has 8 heteroatoms. The minimum Gasteiger partial charge on any atom is -0.351 e. The predicted molar refractivity (Wildman–Crippen MR) is 194 cm³/mol. The van der Waals surface area contributed by atoms with Gasteiger partial charge in [0.15, 0.2) is 0 Å². The molecular weight excluding hydrogens is 556 g/mol. The molecule has 2 fully saturated rings. The number of rotatable bonds is 13. The Kier molecular flexibility index (Phi) is 11.6. The highest BCUT2D eigenvalue weighted by molar-refractivity contribution is 5.44. The SMILES string of the molecule is CCCC(Nc1nc(NC(CCC)C2CC(C)(C)NC(C)(C)C2)nc(NC(C)(C)CC(C)(C)C)n1)C1CC(C)(C)NC(C)(C)C1. The highest BCUT2D eigenvalue weighted by Crippen LogP contribution is 2.38. The topological polar surface area (TPSA) is 98.8 Å². The van der Waals surface area contributed by atoms with E-state index in [1.165, 1.54) is 0 Å². The summed E-state index contributed by atoms with van der Waals surface area (Å²) in [5, 5.41) is 19.2. The lowest BCUT2D eigenvalue weighted by Crippen LogP contribution is -2.60. The maximum absolute atomic E-state index is 5.10. The van der Waals surface area contributed by atoms with E-state index in [0.29, 0.717) is 41.8 Å². The van der Waals surface area contributed by atoms with Crippen LogP contribution in [0.5, 0.6) is 0 Å². The Balaban J connectivity index is 1.99. The second-order valence-corrected chi connectivity index (χ2v) is 19.3. The Morgan fingerprint density at radius 1 is 0.622 bits per heavy atom. The molecule has 0 bridgehead atoms. The summed E-state index contributed by atoms with van der Waals surface area (Å²) < 4.78 is 0. The van der Waals surface area contributed by atoms with E-state index in [1.54, 1.807) is 0 Å². The van der Waals surface area contributed by atoms with Gasteiger partial charge in [0.1, 0.15) is 0 Å². The smallest absolute Gasteiger partial charge is 0.229 e. The Morgan fingerprint density at radius 2 is 0.956 bits per heavy atom. The monoisotopic (exact) mass is 629 g/mol. The molecule has 2 unspecified atom stereocenters. The Bertz CT molecular complexity index is 1000. The van der Waals surface area contributed by atoms with E-state index in [2.05, 4.69) is 130 Å². The lowest BCUT2D eigenvalue weighted by atomic mass is 9.72. The zero-order chi connectivity index (χ0) is 34.1. The maximum Gasteiger partial charge on any atom is 0.229 e. The number of piperidine rings is 2. The van der Waals surface area contributed by atoms with Gasteiger partial charge in [0.25, 0.3) is 0 Å². The molecule has 5 N–H and O–H groups in total. The summed E-state index contributed by atoms with van der Waals surface area (Å²) in [5.41, 5.74) is 0.330. The molecule has 0 radical (unpaired) electrons. The lowest BCUT2D eigenvalue weighted by Gasteiger charge is -2.49. The van der Waals surface area contributed by atoms with Crippen molar-refractivity contribution in [2.45, 2.75) is 201 Å². The van der Waals surface area contributed by atoms with E-state index >= 15 is 0 Å². The van der Waals surface area contributed by atoms with Crippen LogP contribution in [0.2, 0.25) is 0 Å². The van der Waals surface area contributed by atoms with Gasteiger partial charge in [0.05, 0.1) is 0 Å². The van der Waals surface area contributed by atoms with Crippen LogP contribution in [0.3, 0.4) is 0 Å². The highest BCUT2D eigenvalue weighted by atomic mass is 15.3. The van der Waals surface area contributed by atoms with E-state index in [9.17, 15) is 0 Å². The summed E-state index contributed by atoms with van der Waals surface area (Å²) in [6.07, 6.45) is 9.86. The maximum atomic E-state index is 5.10. The van der Waals surface area contributed by atoms with E-state index in [1.807, 2.05) is 0 Å². The van der Waals surface area contributed by atoms with Gasteiger partial charge in [-0.05, 0) is 131 Å². The van der Waals surface area contributed by atoms with Crippen molar-refractivity contribution in [2.24, 2.45) is 17.3 Å². The molecule has 0 saturated carbocycles. The molecule has 0 aromatic carbocycles. The molecular formula is C37H72N8. The first-order chi connectivity index (χ1) is 20.4. The molecule has 0 aliphatic carbocycles. The molecule has 260 valence electrons. The van der Waals surface area contributed by atoms with Crippen LogP contribution in [0.15, 0.2) is 0 Å². The molecule has 8 nitrogen and oxygen atoms in total. The van der Waals surface area contributed by atoms with Gasteiger partial charge in [-0.2, -0.15) is 15.0 Å². The second kappa shape index (κ2) is 13.8. The number of aromatic nitrogens is 3. The minimum atomic E-state index is -0.175.